The van der Waals surface area contributed by atoms with Crippen LogP contribution in [-0.4, -0.2) is 30.3 Å². The minimum Gasteiger partial charge on any atom is -0.452 e. The number of para-hydroxylation sites is 1. The molecule has 3 amide bonds. The molecule has 1 heterocycles. The summed E-state index contributed by atoms with van der Waals surface area (Å²) < 4.78 is 5.18. The van der Waals surface area contributed by atoms with Crippen molar-refractivity contribution in [3.05, 3.63) is 71.8 Å². The fourth-order valence-electron chi connectivity index (χ4n) is 5.28. The zero-order valence-electron chi connectivity index (χ0n) is 18.2. The number of esters is 1. The number of hydrogen-bond acceptors (Lipinski definition) is 5. The van der Waals surface area contributed by atoms with Gasteiger partial charge in [0.25, 0.3) is 5.91 Å². The molecule has 1 N–H and O–H groups in total. The van der Waals surface area contributed by atoms with Gasteiger partial charge in [0.15, 0.2) is 6.61 Å². The van der Waals surface area contributed by atoms with Gasteiger partial charge in [-0.2, -0.15) is 0 Å². The fourth-order valence-corrected chi connectivity index (χ4v) is 5.28. The summed E-state index contributed by atoms with van der Waals surface area (Å²) in [5, 5.41) is 2.75. The minimum absolute atomic E-state index is 0.117. The summed E-state index contributed by atoms with van der Waals surface area (Å²) in [6, 6.07) is 13.7. The van der Waals surface area contributed by atoms with Crippen molar-refractivity contribution in [2.45, 2.75) is 19.8 Å². The molecule has 0 unspecified atom stereocenters. The van der Waals surface area contributed by atoms with Crippen LogP contribution in [0.1, 0.15) is 29.3 Å². The second-order valence-electron chi connectivity index (χ2n) is 8.70. The largest absolute Gasteiger partial charge is 0.452 e. The first-order valence-corrected chi connectivity index (χ1v) is 11.2. The van der Waals surface area contributed by atoms with E-state index in [1.54, 1.807) is 18.2 Å². The lowest BCUT2D eigenvalue weighted by atomic mass is 9.85. The lowest BCUT2D eigenvalue weighted by Gasteiger charge is -2.18. The van der Waals surface area contributed by atoms with Gasteiger partial charge in [0.05, 0.1) is 23.1 Å². The molecule has 0 spiro atoms. The van der Waals surface area contributed by atoms with E-state index in [1.165, 1.54) is 17.0 Å². The quantitative estimate of drug-likeness (QED) is 0.419. The van der Waals surface area contributed by atoms with Crippen LogP contribution in [0.4, 0.5) is 11.4 Å². The van der Waals surface area contributed by atoms with E-state index in [-0.39, 0.29) is 41.0 Å². The molecule has 2 aliphatic carbocycles. The lowest BCUT2D eigenvalue weighted by Crippen LogP contribution is -2.33. The molecular weight excluding hydrogens is 420 g/mol. The fraction of sp³-hybridized carbons (Fsp3) is 0.308. The zero-order valence-corrected chi connectivity index (χ0v) is 18.2. The van der Waals surface area contributed by atoms with Crippen LogP contribution in [0, 0.1) is 23.7 Å². The van der Waals surface area contributed by atoms with Gasteiger partial charge in [0, 0.05) is 5.69 Å². The third-order valence-electron chi connectivity index (χ3n) is 6.82. The maximum absolute atomic E-state index is 13.0. The number of anilines is 2. The van der Waals surface area contributed by atoms with Gasteiger partial charge >= 0.3 is 5.97 Å². The van der Waals surface area contributed by atoms with Crippen molar-refractivity contribution < 1.29 is 23.9 Å². The Kier molecular flexibility index (Phi) is 5.32. The molecule has 168 valence electrons. The first-order valence-electron chi connectivity index (χ1n) is 11.2. The van der Waals surface area contributed by atoms with Gasteiger partial charge in [-0.25, -0.2) is 9.69 Å². The highest BCUT2D eigenvalue weighted by molar-refractivity contribution is 6.23. The van der Waals surface area contributed by atoms with Crippen molar-refractivity contribution in [1.29, 1.82) is 0 Å². The molecule has 2 fully saturated rings. The third-order valence-corrected chi connectivity index (χ3v) is 6.82. The monoisotopic (exact) mass is 444 g/mol. The first-order chi connectivity index (χ1) is 16.0. The van der Waals surface area contributed by atoms with E-state index < -0.39 is 18.5 Å². The van der Waals surface area contributed by atoms with Crippen LogP contribution < -0.4 is 10.2 Å². The van der Waals surface area contributed by atoms with Crippen molar-refractivity contribution >= 4 is 35.1 Å². The molecule has 33 heavy (non-hydrogen) atoms. The number of ether oxygens (including phenoxy) is 1. The molecule has 7 nitrogen and oxygen atoms in total. The molecule has 1 aliphatic heterocycles. The smallest absolute Gasteiger partial charge is 0.338 e. The van der Waals surface area contributed by atoms with Crippen LogP contribution >= 0.6 is 0 Å². The molecule has 2 bridgehead atoms. The standard InChI is InChI=1S/C26H24N2O5/c1-2-15-6-3-4-9-20(15)27-21(29)14-33-26(32)18-7-5-8-19(13-18)28-24(30)22-16-10-11-17(12-16)23(22)25(28)31/h3-11,13,16-17,22-23H,2,12,14H2,1H3,(H,27,29)/t16-,17-,22-,23+/m0/s1. The summed E-state index contributed by atoms with van der Waals surface area (Å²) >= 11 is 0. The van der Waals surface area contributed by atoms with E-state index in [2.05, 4.69) is 5.32 Å². The molecule has 0 aromatic heterocycles. The van der Waals surface area contributed by atoms with Gasteiger partial charge < -0.3 is 10.1 Å². The average Bonchev–Trinajstić information content (AvgIpc) is 3.51. The van der Waals surface area contributed by atoms with Gasteiger partial charge in [-0.15, -0.1) is 0 Å². The van der Waals surface area contributed by atoms with E-state index >= 15 is 0 Å². The Labute approximate surface area is 191 Å². The topological polar surface area (TPSA) is 92.8 Å². The van der Waals surface area contributed by atoms with E-state index in [1.807, 2.05) is 37.3 Å². The number of amides is 3. The Morgan fingerprint density at radius 2 is 1.70 bits per heavy atom. The number of nitrogens with zero attached hydrogens (tertiary/aromatic N) is 1. The highest BCUT2D eigenvalue weighted by Gasteiger charge is 2.59. The second-order valence-corrected chi connectivity index (χ2v) is 8.70. The first kappa shape index (κ1) is 21.1. The highest BCUT2D eigenvalue weighted by Crippen LogP contribution is 2.53. The average molecular weight is 444 g/mol. The number of benzene rings is 2. The summed E-state index contributed by atoms with van der Waals surface area (Å²) in [6.07, 6.45) is 5.70. The number of rotatable bonds is 6. The van der Waals surface area contributed by atoms with Gasteiger partial charge in [-0.1, -0.05) is 43.3 Å². The van der Waals surface area contributed by atoms with Gasteiger partial charge in [-0.3, -0.25) is 14.4 Å². The van der Waals surface area contributed by atoms with Crippen molar-refractivity contribution in [1.82, 2.24) is 0 Å². The SMILES string of the molecule is CCc1ccccc1NC(=O)COC(=O)c1cccc(N2C(=O)[C@@H]3[C@H](C2=O)[C@H]2C=C[C@H]3C2)c1. The Morgan fingerprint density at radius 1 is 1.00 bits per heavy atom. The van der Waals surface area contributed by atoms with Crippen LogP contribution in [0.5, 0.6) is 0 Å². The van der Waals surface area contributed by atoms with E-state index in [9.17, 15) is 19.2 Å². The Morgan fingerprint density at radius 3 is 2.39 bits per heavy atom. The molecule has 7 heteroatoms. The number of fused-ring (bicyclic) bond motifs is 5. The predicted octanol–water partition coefficient (Wildman–Crippen LogP) is 3.36. The van der Waals surface area contributed by atoms with Gasteiger partial charge in [-0.05, 0) is 54.5 Å². The maximum Gasteiger partial charge on any atom is 0.338 e. The molecule has 2 aromatic rings. The number of imide groups is 1. The number of aryl methyl sites for hydroxylation is 1. The Balaban J connectivity index is 1.25. The number of carbonyl (C=O) groups excluding carboxylic acids is 4. The number of allylic oxidation sites excluding steroid dienone is 2. The van der Waals surface area contributed by atoms with Crippen molar-refractivity contribution in [2.24, 2.45) is 23.7 Å². The highest BCUT2D eigenvalue weighted by atomic mass is 16.5. The molecule has 1 saturated carbocycles. The number of carbonyl (C=O) groups is 4. The third kappa shape index (κ3) is 3.63. The molecule has 2 aromatic carbocycles. The maximum atomic E-state index is 13.0. The van der Waals surface area contributed by atoms with Crippen molar-refractivity contribution in [3.63, 3.8) is 0 Å². The molecule has 4 atom stereocenters. The predicted molar refractivity (Wildman–Crippen MR) is 121 cm³/mol. The van der Waals surface area contributed by atoms with Crippen molar-refractivity contribution in [2.75, 3.05) is 16.8 Å². The molecule has 0 radical (unpaired) electrons. The van der Waals surface area contributed by atoms with E-state index in [4.69, 9.17) is 4.74 Å². The molecule has 1 saturated heterocycles. The van der Waals surface area contributed by atoms with Gasteiger partial charge in [0.2, 0.25) is 11.8 Å². The number of nitrogens with one attached hydrogen (secondary N) is 1. The Hall–Kier alpha value is -3.74. The number of hydrogen-bond donors (Lipinski definition) is 1. The van der Waals surface area contributed by atoms with Crippen LogP contribution in [0.3, 0.4) is 0 Å². The van der Waals surface area contributed by atoms with Crippen LogP contribution in [-0.2, 0) is 25.5 Å². The van der Waals surface area contributed by atoms with Crippen LogP contribution in [0.25, 0.3) is 0 Å². The summed E-state index contributed by atoms with van der Waals surface area (Å²) in [6.45, 7) is 1.55. The normalized spacial score (nSPS) is 24.8. The van der Waals surface area contributed by atoms with E-state index in [0.717, 1.165) is 18.4 Å². The van der Waals surface area contributed by atoms with Crippen LogP contribution in [0.15, 0.2) is 60.7 Å². The summed E-state index contributed by atoms with van der Waals surface area (Å²) in [5.41, 5.74) is 2.20. The second kappa shape index (κ2) is 8.31. The molecule has 5 rings (SSSR count). The summed E-state index contributed by atoms with van der Waals surface area (Å²) in [5.74, 6) is -1.94. The Bertz CT molecular complexity index is 1160. The summed E-state index contributed by atoms with van der Waals surface area (Å²) in [7, 11) is 0. The van der Waals surface area contributed by atoms with Crippen molar-refractivity contribution in [3.8, 4) is 0 Å². The molecular formula is C26H24N2O5. The van der Waals surface area contributed by atoms with E-state index in [0.29, 0.717) is 11.4 Å². The van der Waals surface area contributed by atoms with Gasteiger partial charge in [0.1, 0.15) is 0 Å². The van der Waals surface area contributed by atoms with Crippen LogP contribution in [0.2, 0.25) is 0 Å². The summed E-state index contributed by atoms with van der Waals surface area (Å²) in [4.78, 5) is 52.1. The lowest BCUT2D eigenvalue weighted by molar-refractivity contribution is -0.123. The zero-order chi connectivity index (χ0) is 23.1. The minimum atomic E-state index is -0.697. The molecule has 3 aliphatic rings.